The normalized spacial score (nSPS) is 17.9. The largest absolute Gasteiger partial charge is 0.504 e. The number of phenols is 1. The molecule has 2 N–H and O–H groups in total. The van der Waals surface area contributed by atoms with Crippen LogP contribution >= 0.6 is 0 Å². The van der Waals surface area contributed by atoms with E-state index in [0.29, 0.717) is 27.7 Å². The highest BCUT2D eigenvalue weighted by atomic mass is 16.6. The Morgan fingerprint density at radius 3 is 2.67 bits per heavy atom. The minimum Gasteiger partial charge on any atom is -0.504 e. The van der Waals surface area contributed by atoms with Gasteiger partial charge in [-0.3, -0.25) is 4.79 Å². The van der Waals surface area contributed by atoms with Gasteiger partial charge in [-0.25, -0.2) is 0 Å². The molecule has 0 unspecified atom stereocenters. The summed E-state index contributed by atoms with van der Waals surface area (Å²) < 4.78 is 23.3. The SMILES string of the molecule is COc1cc([C@H]2Oc3ccc4c(=O)c5ccccc5oc4c3O[C@@H]2CO)ccc1O. The molecule has 2 atom stereocenters. The Morgan fingerprint density at radius 1 is 1.03 bits per heavy atom. The van der Waals surface area contributed by atoms with Crippen LogP contribution < -0.4 is 19.6 Å². The van der Waals surface area contributed by atoms with Crippen LogP contribution in [-0.4, -0.2) is 30.0 Å². The van der Waals surface area contributed by atoms with E-state index < -0.39 is 12.2 Å². The van der Waals surface area contributed by atoms with Crippen LogP contribution in [0.1, 0.15) is 11.7 Å². The molecule has 1 aromatic heterocycles. The summed E-state index contributed by atoms with van der Waals surface area (Å²) in [5.74, 6) is 0.951. The number of methoxy groups -OCH3 is 1. The molecule has 0 saturated carbocycles. The molecule has 1 aliphatic heterocycles. The molecule has 0 spiro atoms. The number of aliphatic hydroxyl groups is 1. The Morgan fingerprint density at radius 2 is 1.87 bits per heavy atom. The summed E-state index contributed by atoms with van der Waals surface area (Å²) in [5.41, 5.74) is 1.22. The van der Waals surface area contributed by atoms with Gasteiger partial charge in [0.25, 0.3) is 0 Å². The Balaban J connectivity index is 1.66. The number of ether oxygens (including phenoxy) is 3. The van der Waals surface area contributed by atoms with Crippen molar-refractivity contribution < 1.29 is 28.8 Å². The lowest BCUT2D eigenvalue weighted by Crippen LogP contribution is -2.36. The molecule has 0 saturated heterocycles. The molecule has 3 aromatic carbocycles. The second kappa shape index (κ2) is 6.96. The monoisotopic (exact) mass is 406 g/mol. The molecule has 5 rings (SSSR count). The van der Waals surface area contributed by atoms with Crippen molar-refractivity contribution in [3.05, 3.63) is 70.4 Å². The van der Waals surface area contributed by atoms with Gasteiger partial charge in [-0.15, -0.1) is 0 Å². The van der Waals surface area contributed by atoms with Crippen LogP contribution in [0.3, 0.4) is 0 Å². The fourth-order valence-corrected chi connectivity index (χ4v) is 3.74. The molecule has 0 amide bonds. The average molecular weight is 406 g/mol. The van der Waals surface area contributed by atoms with Crippen molar-refractivity contribution in [1.29, 1.82) is 0 Å². The third kappa shape index (κ3) is 2.74. The summed E-state index contributed by atoms with van der Waals surface area (Å²) >= 11 is 0. The first-order valence-corrected chi connectivity index (χ1v) is 9.40. The average Bonchev–Trinajstić information content (AvgIpc) is 2.78. The number of fused-ring (bicyclic) bond motifs is 4. The van der Waals surface area contributed by atoms with Gasteiger partial charge in [0, 0.05) is 5.56 Å². The second-order valence-electron chi connectivity index (χ2n) is 7.01. The second-order valence-corrected chi connectivity index (χ2v) is 7.01. The molecule has 0 fully saturated rings. The lowest BCUT2D eigenvalue weighted by atomic mass is 10.0. The Kier molecular flexibility index (Phi) is 4.25. The van der Waals surface area contributed by atoms with Gasteiger partial charge in [0.1, 0.15) is 5.58 Å². The van der Waals surface area contributed by atoms with Crippen LogP contribution in [0.25, 0.3) is 21.9 Å². The summed E-state index contributed by atoms with van der Waals surface area (Å²) in [6.07, 6.45) is -1.41. The Bertz CT molecular complexity index is 1320. The zero-order chi connectivity index (χ0) is 20.8. The zero-order valence-electron chi connectivity index (χ0n) is 16.0. The molecule has 2 heterocycles. The highest BCUT2D eigenvalue weighted by Gasteiger charge is 2.35. The van der Waals surface area contributed by atoms with E-state index in [1.54, 1.807) is 48.5 Å². The first-order chi connectivity index (χ1) is 14.6. The molecule has 7 nitrogen and oxygen atoms in total. The molecule has 0 radical (unpaired) electrons. The number of hydrogen-bond donors (Lipinski definition) is 2. The summed E-state index contributed by atoms with van der Waals surface area (Å²) in [7, 11) is 1.45. The van der Waals surface area contributed by atoms with Gasteiger partial charge >= 0.3 is 0 Å². The quantitative estimate of drug-likeness (QED) is 0.502. The molecule has 1 aliphatic rings. The number of para-hydroxylation sites is 1. The van der Waals surface area contributed by atoms with Crippen molar-refractivity contribution >= 4 is 21.9 Å². The molecule has 30 heavy (non-hydrogen) atoms. The minimum absolute atomic E-state index is 0.00132. The third-order valence-electron chi connectivity index (χ3n) is 5.24. The summed E-state index contributed by atoms with van der Waals surface area (Å²) in [4.78, 5) is 12.9. The van der Waals surface area contributed by atoms with Crippen molar-refractivity contribution in [1.82, 2.24) is 0 Å². The topological polar surface area (TPSA) is 98.4 Å². The summed E-state index contributed by atoms with van der Waals surface area (Å²) in [5, 5.41) is 20.7. The fourth-order valence-electron chi connectivity index (χ4n) is 3.74. The number of benzene rings is 3. The first kappa shape index (κ1) is 18.3. The van der Waals surface area contributed by atoms with Gasteiger partial charge in [-0.1, -0.05) is 18.2 Å². The van der Waals surface area contributed by atoms with E-state index in [2.05, 4.69) is 0 Å². The van der Waals surface area contributed by atoms with E-state index in [1.807, 2.05) is 0 Å². The van der Waals surface area contributed by atoms with Crippen LogP contribution in [0.2, 0.25) is 0 Å². The van der Waals surface area contributed by atoms with E-state index in [0.717, 1.165) is 0 Å². The fraction of sp³-hybridized carbons (Fsp3) is 0.174. The maximum atomic E-state index is 12.9. The van der Waals surface area contributed by atoms with Crippen molar-refractivity contribution in [2.45, 2.75) is 12.2 Å². The molecule has 4 aromatic rings. The van der Waals surface area contributed by atoms with Crippen molar-refractivity contribution in [3.63, 3.8) is 0 Å². The van der Waals surface area contributed by atoms with Gasteiger partial charge in [0.15, 0.2) is 35.0 Å². The maximum Gasteiger partial charge on any atom is 0.205 e. The van der Waals surface area contributed by atoms with E-state index in [-0.39, 0.29) is 34.9 Å². The number of phenolic OH excluding ortho intramolecular Hbond substituents is 1. The Labute approximate surface area is 170 Å². The molecule has 152 valence electrons. The standard InChI is InChI=1S/C23H18O7/c1-27-18-10-12(6-8-15(18)25)21-19(11-24)30-23-17(29-21)9-7-14-20(26)13-4-2-3-5-16(13)28-22(14)23/h2-10,19,21,24-25H,11H2,1H3/t19-,21-/m1/s1. The van der Waals surface area contributed by atoms with E-state index in [9.17, 15) is 15.0 Å². The lowest BCUT2D eigenvalue weighted by Gasteiger charge is -2.33. The maximum absolute atomic E-state index is 12.9. The molecular formula is C23H18O7. The highest BCUT2D eigenvalue weighted by molar-refractivity contribution is 5.93. The summed E-state index contributed by atoms with van der Waals surface area (Å²) in [6, 6.07) is 15.1. The number of aliphatic hydroxyl groups excluding tert-OH is 1. The van der Waals surface area contributed by atoms with Crippen LogP contribution in [0, 0.1) is 0 Å². The van der Waals surface area contributed by atoms with Gasteiger partial charge in [-0.2, -0.15) is 0 Å². The van der Waals surface area contributed by atoms with Crippen LogP contribution in [0.4, 0.5) is 0 Å². The molecule has 7 heteroatoms. The number of aromatic hydroxyl groups is 1. The number of hydrogen-bond acceptors (Lipinski definition) is 7. The van der Waals surface area contributed by atoms with E-state index in [1.165, 1.54) is 13.2 Å². The first-order valence-electron chi connectivity index (χ1n) is 9.40. The third-order valence-corrected chi connectivity index (χ3v) is 5.24. The van der Waals surface area contributed by atoms with Gasteiger partial charge in [-0.05, 0) is 36.4 Å². The predicted molar refractivity (Wildman–Crippen MR) is 110 cm³/mol. The smallest absolute Gasteiger partial charge is 0.205 e. The molecule has 0 aliphatic carbocycles. The molecular weight excluding hydrogens is 388 g/mol. The van der Waals surface area contributed by atoms with Gasteiger partial charge in [0.2, 0.25) is 11.2 Å². The lowest BCUT2D eigenvalue weighted by molar-refractivity contribution is -0.0117. The zero-order valence-corrected chi connectivity index (χ0v) is 16.0. The number of rotatable bonds is 3. The van der Waals surface area contributed by atoms with Gasteiger partial charge < -0.3 is 28.8 Å². The predicted octanol–water partition coefficient (Wildman–Crippen LogP) is 3.53. The minimum atomic E-state index is -0.755. The Hall–Kier alpha value is -3.71. The van der Waals surface area contributed by atoms with Crippen molar-refractivity contribution in [2.75, 3.05) is 13.7 Å². The van der Waals surface area contributed by atoms with Crippen LogP contribution in [-0.2, 0) is 0 Å². The summed E-state index contributed by atoms with van der Waals surface area (Å²) in [6.45, 7) is -0.332. The van der Waals surface area contributed by atoms with Crippen molar-refractivity contribution in [2.24, 2.45) is 0 Å². The highest BCUT2D eigenvalue weighted by Crippen LogP contribution is 2.44. The van der Waals surface area contributed by atoms with Crippen LogP contribution in [0.5, 0.6) is 23.0 Å². The van der Waals surface area contributed by atoms with Gasteiger partial charge in [0.05, 0.1) is 24.5 Å². The van der Waals surface area contributed by atoms with E-state index in [4.69, 9.17) is 18.6 Å². The van der Waals surface area contributed by atoms with Crippen molar-refractivity contribution in [3.8, 4) is 23.0 Å². The van der Waals surface area contributed by atoms with E-state index >= 15 is 0 Å². The molecule has 0 bridgehead atoms. The van der Waals surface area contributed by atoms with Crippen LogP contribution in [0.15, 0.2) is 63.8 Å².